The summed E-state index contributed by atoms with van der Waals surface area (Å²) in [7, 11) is 1.59. The lowest BCUT2D eigenvalue weighted by atomic mass is 10.2. The van der Waals surface area contributed by atoms with Crippen molar-refractivity contribution >= 4 is 27.6 Å². The van der Waals surface area contributed by atoms with Gasteiger partial charge in [0.15, 0.2) is 0 Å². The molecule has 1 aliphatic rings. The minimum absolute atomic E-state index is 0.0717. The standard InChI is InChI=1S/C14H19BrN2O3/c1-9-6-11(15)7-12(19-3)13(9)16-14(18)17-4-5-20-10(2)8-17/h6-7,10H,4-5,8H2,1-3H3,(H,16,18). The summed E-state index contributed by atoms with van der Waals surface area (Å²) in [5, 5.41) is 2.93. The van der Waals surface area contributed by atoms with Gasteiger partial charge in [-0.1, -0.05) is 15.9 Å². The lowest BCUT2D eigenvalue weighted by molar-refractivity contribution is -0.00139. The molecule has 2 amide bonds. The summed E-state index contributed by atoms with van der Waals surface area (Å²) in [4.78, 5) is 14.1. The molecule has 0 saturated carbocycles. The van der Waals surface area contributed by atoms with Crippen molar-refractivity contribution in [1.82, 2.24) is 4.90 Å². The van der Waals surface area contributed by atoms with Crippen molar-refractivity contribution in [1.29, 1.82) is 0 Å². The van der Waals surface area contributed by atoms with Crippen LogP contribution in [-0.2, 0) is 4.74 Å². The number of carbonyl (C=O) groups is 1. The molecular weight excluding hydrogens is 324 g/mol. The largest absolute Gasteiger partial charge is 0.495 e. The third-order valence-electron chi connectivity index (χ3n) is 3.24. The number of urea groups is 1. The molecule has 0 aromatic heterocycles. The maximum Gasteiger partial charge on any atom is 0.322 e. The van der Waals surface area contributed by atoms with Gasteiger partial charge in [-0.05, 0) is 31.5 Å². The Morgan fingerprint density at radius 2 is 2.30 bits per heavy atom. The maximum absolute atomic E-state index is 12.3. The van der Waals surface area contributed by atoms with Crippen LogP contribution >= 0.6 is 15.9 Å². The van der Waals surface area contributed by atoms with Gasteiger partial charge in [0.1, 0.15) is 5.75 Å². The van der Waals surface area contributed by atoms with Crippen LogP contribution in [0, 0.1) is 6.92 Å². The fraction of sp³-hybridized carbons (Fsp3) is 0.500. The smallest absolute Gasteiger partial charge is 0.322 e. The van der Waals surface area contributed by atoms with Gasteiger partial charge in [-0.3, -0.25) is 0 Å². The van der Waals surface area contributed by atoms with E-state index < -0.39 is 0 Å². The van der Waals surface area contributed by atoms with Crippen molar-refractivity contribution in [2.45, 2.75) is 20.0 Å². The molecule has 110 valence electrons. The van der Waals surface area contributed by atoms with E-state index in [9.17, 15) is 4.79 Å². The number of hydrogen-bond donors (Lipinski definition) is 1. The molecule has 0 spiro atoms. The van der Waals surface area contributed by atoms with Gasteiger partial charge in [-0.2, -0.15) is 0 Å². The summed E-state index contributed by atoms with van der Waals surface area (Å²) in [6.07, 6.45) is 0.0717. The zero-order valence-electron chi connectivity index (χ0n) is 11.9. The van der Waals surface area contributed by atoms with Crippen molar-refractivity contribution in [3.8, 4) is 5.75 Å². The fourth-order valence-corrected chi connectivity index (χ4v) is 2.77. The quantitative estimate of drug-likeness (QED) is 0.898. The lowest BCUT2D eigenvalue weighted by Gasteiger charge is -2.31. The second-order valence-corrected chi connectivity index (χ2v) is 5.77. The van der Waals surface area contributed by atoms with Crippen LogP contribution < -0.4 is 10.1 Å². The molecule has 1 saturated heterocycles. The van der Waals surface area contributed by atoms with E-state index in [4.69, 9.17) is 9.47 Å². The summed E-state index contributed by atoms with van der Waals surface area (Å²) < 4.78 is 11.7. The first-order valence-electron chi connectivity index (χ1n) is 6.53. The first-order valence-corrected chi connectivity index (χ1v) is 7.32. The molecular formula is C14H19BrN2O3. The van der Waals surface area contributed by atoms with Crippen molar-refractivity contribution in [2.75, 3.05) is 32.1 Å². The molecule has 1 unspecified atom stereocenters. The Balaban J connectivity index is 2.15. The van der Waals surface area contributed by atoms with E-state index in [2.05, 4.69) is 21.2 Å². The Bertz CT molecular complexity index is 507. The van der Waals surface area contributed by atoms with Crippen LogP contribution in [0.3, 0.4) is 0 Å². The van der Waals surface area contributed by atoms with E-state index in [1.54, 1.807) is 12.0 Å². The van der Waals surface area contributed by atoms with Crippen LogP contribution in [0.15, 0.2) is 16.6 Å². The van der Waals surface area contributed by atoms with Gasteiger partial charge >= 0.3 is 6.03 Å². The summed E-state index contributed by atoms with van der Waals surface area (Å²) in [6.45, 7) is 5.68. The highest BCUT2D eigenvalue weighted by Crippen LogP contribution is 2.32. The van der Waals surface area contributed by atoms with Gasteiger partial charge in [0.05, 0.1) is 25.5 Å². The molecule has 2 rings (SSSR count). The number of methoxy groups -OCH3 is 1. The Kier molecular flexibility index (Phi) is 4.88. The zero-order chi connectivity index (χ0) is 14.7. The van der Waals surface area contributed by atoms with Crippen LogP contribution in [0.5, 0.6) is 5.75 Å². The molecule has 1 N–H and O–H groups in total. The van der Waals surface area contributed by atoms with Gasteiger partial charge in [-0.15, -0.1) is 0 Å². The van der Waals surface area contributed by atoms with Crippen LogP contribution in [0.4, 0.5) is 10.5 Å². The number of amides is 2. The maximum atomic E-state index is 12.3. The topological polar surface area (TPSA) is 50.8 Å². The Hall–Kier alpha value is -1.27. The normalized spacial score (nSPS) is 18.8. The van der Waals surface area contributed by atoms with Gasteiger partial charge in [0.25, 0.3) is 0 Å². The van der Waals surface area contributed by atoms with Crippen LogP contribution in [0.2, 0.25) is 0 Å². The number of halogens is 1. The van der Waals surface area contributed by atoms with Gasteiger partial charge in [-0.25, -0.2) is 4.79 Å². The Morgan fingerprint density at radius 3 is 2.95 bits per heavy atom. The van der Waals surface area contributed by atoms with Crippen molar-refractivity contribution < 1.29 is 14.3 Å². The number of benzene rings is 1. The molecule has 0 aliphatic carbocycles. The Morgan fingerprint density at radius 1 is 1.55 bits per heavy atom. The highest BCUT2D eigenvalue weighted by atomic mass is 79.9. The van der Waals surface area contributed by atoms with Gasteiger partial charge in [0.2, 0.25) is 0 Å². The number of nitrogens with zero attached hydrogens (tertiary/aromatic N) is 1. The number of nitrogens with one attached hydrogen (secondary N) is 1. The van der Waals surface area contributed by atoms with Crippen LogP contribution in [-0.4, -0.2) is 43.8 Å². The molecule has 0 radical (unpaired) electrons. The minimum atomic E-state index is -0.121. The van der Waals surface area contributed by atoms with Gasteiger partial charge < -0.3 is 19.7 Å². The van der Waals surface area contributed by atoms with Crippen molar-refractivity contribution in [3.63, 3.8) is 0 Å². The van der Waals surface area contributed by atoms with Gasteiger partial charge in [0, 0.05) is 17.6 Å². The molecule has 1 heterocycles. The predicted octanol–water partition coefficient (Wildman–Crippen LogP) is 3.02. The molecule has 1 aliphatic heterocycles. The first-order chi connectivity index (χ1) is 9.51. The number of carbonyl (C=O) groups excluding carboxylic acids is 1. The third-order valence-corrected chi connectivity index (χ3v) is 3.70. The molecule has 1 aromatic carbocycles. The highest BCUT2D eigenvalue weighted by Gasteiger charge is 2.22. The summed E-state index contributed by atoms with van der Waals surface area (Å²) in [5.41, 5.74) is 1.66. The molecule has 20 heavy (non-hydrogen) atoms. The number of aryl methyl sites for hydroxylation is 1. The fourth-order valence-electron chi connectivity index (χ4n) is 2.22. The average molecular weight is 343 g/mol. The number of anilines is 1. The molecule has 6 heteroatoms. The third kappa shape index (κ3) is 3.43. The van der Waals surface area contributed by atoms with Crippen molar-refractivity contribution in [3.05, 3.63) is 22.2 Å². The molecule has 5 nitrogen and oxygen atoms in total. The molecule has 1 aromatic rings. The SMILES string of the molecule is COc1cc(Br)cc(C)c1NC(=O)N1CCOC(C)C1. The molecule has 1 fully saturated rings. The second-order valence-electron chi connectivity index (χ2n) is 4.86. The predicted molar refractivity (Wildman–Crippen MR) is 81.4 cm³/mol. The van der Waals surface area contributed by atoms with Crippen molar-refractivity contribution in [2.24, 2.45) is 0 Å². The molecule has 0 bridgehead atoms. The highest BCUT2D eigenvalue weighted by molar-refractivity contribution is 9.10. The van der Waals surface area contributed by atoms with E-state index in [1.807, 2.05) is 26.0 Å². The monoisotopic (exact) mass is 342 g/mol. The number of ether oxygens (including phenoxy) is 2. The van der Waals surface area contributed by atoms with Crippen LogP contribution in [0.1, 0.15) is 12.5 Å². The first kappa shape index (κ1) is 15.1. The second kappa shape index (κ2) is 6.45. The Labute approximate surface area is 127 Å². The minimum Gasteiger partial charge on any atom is -0.495 e. The average Bonchev–Trinajstić information content (AvgIpc) is 2.41. The summed E-state index contributed by atoms with van der Waals surface area (Å²) >= 11 is 3.42. The van der Waals surface area contributed by atoms with E-state index in [0.717, 1.165) is 10.0 Å². The van der Waals surface area contributed by atoms with E-state index >= 15 is 0 Å². The van der Waals surface area contributed by atoms with Crippen LogP contribution in [0.25, 0.3) is 0 Å². The summed E-state index contributed by atoms with van der Waals surface area (Å²) in [5.74, 6) is 0.645. The zero-order valence-corrected chi connectivity index (χ0v) is 13.5. The number of rotatable bonds is 2. The van der Waals surface area contributed by atoms with E-state index in [-0.39, 0.29) is 12.1 Å². The lowest BCUT2D eigenvalue weighted by Crippen LogP contribution is -2.46. The van der Waals surface area contributed by atoms with E-state index in [0.29, 0.717) is 31.1 Å². The van der Waals surface area contributed by atoms with E-state index in [1.165, 1.54) is 0 Å². The summed E-state index contributed by atoms with van der Waals surface area (Å²) in [6, 6.07) is 3.66. The number of morpholine rings is 1. The number of hydrogen-bond acceptors (Lipinski definition) is 3. The molecule has 1 atom stereocenters.